The Morgan fingerprint density at radius 2 is 0.522 bits per heavy atom. The average Bonchev–Trinajstić information content (AvgIpc) is 3.35. The van der Waals surface area contributed by atoms with E-state index in [0.717, 1.165) is 70.6 Å². The smallest absolute Gasteiger partial charge is 0.306 e. The van der Waals surface area contributed by atoms with E-state index in [4.69, 9.17) is 14.2 Å². The summed E-state index contributed by atoms with van der Waals surface area (Å²) < 4.78 is 16.8. The molecule has 0 aromatic carbocycles. The molecule has 0 aliphatic carbocycles. The molecule has 406 valence electrons. The molecular formula is C63H118O6. The minimum absolute atomic E-state index is 0.0697. The number of hydrogen-bond donors (Lipinski definition) is 0. The van der Waals surface area contributed by atoms with Crippen molar-refractivity contribution in [3.05, 3.63) is 24.3 Å². The van der Waals surface area contributed by atoms with Crippen LogP contribution in [-0.2, 0) is 28.6 Å². The van der Waals surface area contributed by atoms with Crippen molar-refractivity contribution in [3.63, 3.8) is 0 Å². The van der Waals surface area contributed by atoms with Crippen LogP contribution in [0.1, 0.15) is 342 Å². The van der Waals surface area contributed by atoms with Crippen molar-refractivity contribution in [2.45, 2.75) is 348 Å². The van der Waals surface area contributed by atoms with Crippen LogP contribution in [0.2, 0.25) is 0 Å². The molecule has 0 fully saturated rings. The fourth-order valence-corrected chi connectivity index (χ4v) is 9.30. The van der Waals surface area contributed by atoms with E-state index >= 15 is 0 Å². The quantitative estimate of drug-likeness (QED) is 0.0261. The molecule has 1 unspecified atom stereocenters. The summed E-state index contributed by atoms with van der Waals surface area (Å²) in [5.74, 6) is -0.864. The summed E-state index contributed by atoms with van der Waals surface area (Å²) in [4.78, 5) is 38.0. The molecule has 0 rings (SSSR count). The van der Waals surface area contributed by atoms with Gasteiger partial charge < -0.3 is 14.2 Å². The van der Waals surface area contributed by atoms with Gasteiger partial charge in [-0.15, -0.1) is 0 Å². The number of rotatable bonds is 57. The summed E-state index contributed by atoms with van der Waals surface area (Å²) in [5, 5.41) is 0. The molecule has 0 heterocycles. The molecule has 1 atom stereocenters. The molecule has 0 aromatic rings. The van der Waals surface area contributed by atoms with Crippen LogP contribution in [0, 0.1) is 0 Å². The predicted octanol–water partition coefficient (Wildman–Crippen LogP) is 20.7. The van der Waals surface area contributed by atoms with Crippen molar-refractivity contribution in [1.82, 2.24) is 0 Å². The fraction of sp³-hybridized carbons (Fsp3) is 0.889. The second-order valence-corrected chi connectivity index (χ2v) is 21.0. The van der Waals surface area contributed by atoms with Crippen LogP contribution in [0.4, 0.5) is 0 Å². The number of hydrogen-bond acceptors (Lipinski definition) is 6. The Kier molecular flexibility index (Phi) is 56.7. The second kappa shape index (κ2) is 58.5. The maximum Gasteiger partial charge on any atom is 0.306 e. The number of carbonyl (C=O) groups excluding carboxylic acids is 3. The van der Waals surface area contributed by atoms with E-state index < -0.39 is 6.10 Å². The minimum atomic E-state index is -0.769. The van der Waals surface area contributed by atoms with Gasteiger partial charge in [-0.25, -0.2) is 0 Å². The summed E-state index contributed by atoms with van der Waals surface area (Å²) in [6.45, 7) is 6.62. The molecule has 69 heavy (non-hydrogen) atoms. The Morgan fingerprint density at radius 1 is 0.290 bits per heavy atom. The van der Waals surface area contributed by atoms with Crippen molar-refractivity contribution in [1.29, 1.82) is 0 Å². The number of ether oxygens (including phenoxy) is 3. The highest BCUT2D eigenvalue weighted by atomic mass is 16.6. The lowest BCUT2D eigenvalue weighted by Crippen LogP contribution is -2.30. The summed E-state index contributed by atoms with van der Waals surface area (Å²) in [6.07, 6.45) is 69.3. The molecule has 0 aromatic heterocycles. The van der Waals surface area contributed by atoms with Crippen LogP contribution in [0.3, 0.4) is 0 Å². The lowest BCUT2D eigenvalue weighted by atomic mass is 10.0. The Hall–Kier alpha value is -2.11. The number of carbonyl (C=O) groups is 3. The van der Waals surface area contributed by atoms with Gasteiger partial charge in [-0.05, 0) is 51.4 Å². The van der Waals surface area contributed by atoms with Gasteiger partial charge in [0.25, 0.3) is 0 Å². The standard InChI is InChI=1S/C63H118O6/c1-4-7-10-13-16-18-20-22-24-26-27-28-29-30-31-32-33-34-35-37-38-40-42-44-47-50-53-56-62(65)68-59-60(58-67-61(64)55-52-49-46-15-12-9-6-3)69-63(66)57-54-51-48-45-43-41-39-36-25-23-21-19-17-14-11-8-5-2/h17,19,23,25,60H,4-16,18,20-22,24,26-59H2,1-3H3/b19-17-,25-23-. The first kappa shape index (κ1) is 66.9. The van der Waals surface area contributed by atoms with E-state index in [1.165, 1.54) is 231 Å². The van der Waals surface area contributed by atoms with Crippen molar-refractivity contribution < 1.29 is 28.6 Å². The average molecular weight is 972 g/mol. The van der Waals surface area contributed by atoms with Gasteiger partial charge in [0, 0.05) is 19.3 Å². The monoisotopic (exact) mass is 971 g/mol. The lowest BCUT2D eigenvalue weighted by molar-refractivity contribution is -0.167. The lowest BCUT2D eigenvalue weighted by Gasteiger charge is -2.18. The van der Waals surface area contributed by atoms with Crippen LogP contribution in [0.5, 0.6) is 0 Å². The molecule has 0 N–H and O–H groups in total. The summed E-state index contributed by atoms with van der Waals surface area (Å²) >= 11 is 0. The Labute approximate surface area is 430 Å². The molecule has 0 aliphatic rings. The first-order valence-electron chi connectivity index (χ1n) is 30.8. The van der Waals surface area contributed by atoms with E-state index in [0.29, 0.717) is 19.3 Å². The van der Waals surface area contributed by atoms with Gasteiger partial charge in [0.15, 0.2) is 6.10 Å². The largest absolute Gasteiger partial charge is 0.462 e. The zero-order valence-corrected chi connectivity index (χ0v) is 46.6. The van der Waals surface area contributed by atoms with Gasteiger partial charge in [0.1, 0.15) is 13.2 Å². The summed E-state index contributed by atoms with van der Waals surface area (Å²) in [5.41, 5.74) is 0. The normalized spacial score (nSPS) is 12.1. The molecule has 6 nitrogen and oxygen atoms in total. The third kappa shape index (κ3) is 56.7. The van der Waals surface area contributed by atoms with Crippen LogP contribution >= 0.6 is 0 Å². The van der Waals surface area contributed by atoms with E-state index in [1.54, 1.807) is 0 Å². The van der Waals surface area contributed by atoms with Gasteiger partial charge in [-0.1, -0.05) is 295 Å². The Bertz CT molecular complexity index is 1110. The maximum absolute atomic E-state index is 12.8. The zero-order chi connectivity index (χ0) is 50.0. The minimum Gasteiger partial charge on any atom is -0.462 e. The molecule has 0 bridgehead atoms. The Balaban J connectivity index is 4.05. The van der Waals surface area contributed by atoms with Crippen LogP contribution in [-0.4, -0.2) is 37.2 Å². The Morgan fingerprint density at radius 3 is 0.826 bits per heavy atom. The van der Waals surface area contributed by atoms with Crippen LogP contribution in [0.25, 0.3) is 0 Å². The van der Waals surface area contributed by atoms with Crippen molar-refractivity contribution in [2.24, 2.45) is 0 Å². The van der Waals surface area contributed by atoms with E-state index in [-0.39, 0.29) is 31.1 Å². The van der Waals surface area contributed by atoms with Gasteiger partial charge in [0.2, 0.25) is 0 Å². The highest BCUT2D eigenvalue weighted by molar-refractivity contribution is 5.71. The SMILES string of the molecule is CCCCC/C=C\C/C=C\CCCCCCCCCC(=O)OC(COC(=O)CCCCCCCCC)COC(=O)CCCCCCCCCCCCCCCCCCCCCCCCCCCCC. The zero-order valence-electron chi connectivity index (χ0n) is 46.6. The topological polar surface area (TPSA) is 78.9 Å². The van der Waals surface area contributed by atoms with E-state index in [1.807, 2.05) is 0 Å². The van der Waals surface area contributed by atoms with Crippen molar-refractivity contribution in [3.8, 4) is 0 Å². The highest BCUT2D eigenvalue weighted by Gasteiger charge is 2.19. The fourth-order valence-electron chi connectivity index (χ4n) is 9.30. The molecule has 0 saturated carbocycles. The third-order valence-corrected chi connectivity index (χ3v) is 14.0. The van der Waals surface area contributed by atoms with Crippen LogP contribution in [0.15, 0.2) is 24.3 Å². The highest BCUT2D eigenvalue weighted by Crippen LogP contribution is 2.18. The van der Waals surface area contributed by atoms with Gasteiger partial charge in [0.05, 0.1) is 0 Å². The molecule has 0 aliphatic heterocycles. The predicted molar refractivity (Wildman–Crippen MR) is 298 cm³/mol. The van der Waals surface area contributed by atoms with E-state index in [2.05, 4.69) is 45.1 Å². The summed E-state index contributed by atoms with van der Waals surface area (Å²) in [6, 6.07) is 0. The maximum atomic E-state index is 12.8. The molecule has 0 saturated heterocycles. The first-order valence-corrected chi connectivity index (χ1v) is 30.8. The van der Waals surface area contributed by atoms with Crippen LogP contribution < -0.4 is 0 Å². The molecule has 0 radical (unpaired) electrons. The number of esters is 3. The number of allylic oxidation sites excluding steroid dienone is 4. The first-order chi connectivity index (χ1) is 34.0. The molecule has 0 spiro atoms. The number of unbranched alkanes of at least 4 members (excludes halogenated alkanes) is 42. The van der Waals surface area contributed by atoms with Gasteiger partial charge in [-0.3, -0.25) is 14.4 Å². The van der Waals surface area contributed by atoms with Gasteiger partial charge in [-0.2, -0.15) is 0 Å². The van der Waals surface area contributed by atoms with Crippen molar-refractivity contribution in [2.75, 3.05) is 13.2 Å². The van der Waals surface area contributed by atoms with Gasteiger partial charge >= 0.3 is 17.9 Å². The van der Waals surface area contributed by atoms with E-state index in [9.17, 15) is 14.4 Å². The molecular weight excluding hydrogens is 853 g/mol. The molecule has 6 heteroatoms. The molecule has 0 amide bonds. The van der Waals surface area contributed by atoms with Crippen molar-refractivity contribution >= 4 is 17.9 Å². The summed E-state index contributed by atoms with van der Waals surface area (Å²) in [7, 11) is 0. The second-order valence-electron chi connectivity index (χ2n) is 21.0. The third-order valence-electron chi connectivity index (χ3n) is 14.0.